The largest absolute Gasteiger partial charge is 0.497 e. The molecular formula is C28H37N3O3. The number of hydrogen-bond acceptors (Lipinski definition) is 4. The Labute approximate surface area is 203 Å². The van der Waals surface area contributed by atoms with Crippen molar-refractivity contribution < 1.29 is 14.3 Å². The van der Waals surface area contributed by atoms with E-state index < -0.39 is 0 Å². The summed E-state index contributed by atoms with van der Waals surface area (Å²) in [6, 6.07) is 18.1. The molecule has 4 rings (SSSR count). The van der Waals surface area contributed by atoms with Crippen molar-refractivity contribution in [2.24, 2.45) is 5.92 Å². The summed E-state index contributed by atoms with van der Waals surface area (Å²) in [6.45, 7) is 4.13. The van der Waals surface area contributed by atoms with E-state index in [1.807, 2.05) is 30.3 Å². The van der Waals surface area contributed by atoms with Gasteiger partial charge in [-0.1, -0.05) is 36.8 Å². The molecule has 2 amide bonds. The van der Waals surface area contributed by atoms with Crippen molar-refractivity contribution in [2.45, 2.75) is 63.6 Å². The molecular weight excluding hydrogens is 426 g/mol. The average molecular weight is 464 g/mol. The van der Waals surface area contributed by atoms with Crippen LogP contribution in [0.4, 0.5) is 0 Å². The molecule has 1 aliphatic heterocycles. The van der Waals surface area contributed by atoms with Crippen LogP contribution in [0.2, 0.25) is 0 Å². The van der Waals surface area contributed by atoms with Crippen molar-refractivity contribution in [3.63, 3.8) is 0 Å². The molecule has 1 saturated carbocycles. The van der Waals surface area contributed by atoms with Crippen LogP contribution < -0.4 is 15.4 Å². The Kier molecular flexibility index (Phi) is 8.22. The third-order valence-electron chi connectivity index (χ3n) is 7.41. The van der Waals surface area contributed by atoms with Crippen molar-refractivity contribution in [3.05, 3.63) is 65.7 Å². The zero-order chi connectivity index (χ0) is 23.9. The van der Waals surface area contributed by atoms with Gasteiger partial charge in [0.05, 0.1) is 13.2 Å². The quantitative estimate of drug-likeness (QED) is 0.581. The van der Waals surface area contributed by atoms with E-state index in [9.17, 15) is 9.59 Å². The molecule has 1 heterocycles. The highest BCUT2D eigenvalue weighted by molar-refractivity contribution is 5.94. The fraction of sp³-hybridized carbons (Fsp3) is 0.500. The molecule has 0 bridgehead atoms. The molecule has 2 fully saturated rings. The molecule has 1 saturated heterocycles. The molecule has 1 unspecified atom stereocenters. The van der Waals surface area contributed by atoms with E-state index in [1.54, 1.807) is 19.2 Å². The van der Waals surface area contributed by atoms with E-state index in [2.05, 4.69) is 34.6 Å². The van der Waals surface area contributed by atoms with Crippen LogP contribution in [0.25, 0.3) is 0 Å². The third kappa shape index (κ3) is 6.17. The fourth-order valence-electron chi connectivity index (χ4n) is 4.91. The minimum Gasteiger partial charge on any atom is -0.497 e. The Hall–Kier alpha value is -2.86. The van der Waals surface area contributed by atoms with E-state index in [0.717, 1.165) is 57.4 Å². The highest BCUT2D eigenvalue weighted by atomic mass is 16.5. The summed E-state index contributed by atoms with van der Waals surface area (Å²) in [5.74, 6) is 1.10. The number of nitrogens with zero attached hydrogens (tertiary/aromatic N) is 1. The monoisotopic (exact) mass is 463 g/mol. The van der Waals surface area contributed by atoms with Crippen LogP contribution in [0.1, 0.15) is 67.4 Å². The van der Waals surface area contributed by atoms with Crippen molar-refractivity contribution >= 4 is 11.8 Å². The maximum atomic E-state index is 12.7. The van der Waals surface area contributed by atoms with Crippen molar-refractivity contribution in [1.29, 1.82) is 0 Å². The summed E-state index contributed by atoms with van der Waals surface area (Å²) in [4.78, 5) is 27.8. The van der Waals surface area contributed by atoms with Crippen LogP contribution in [0.5, 0.6) is 5.75 Å². The molecule has 2 aromatic rings. The molecule has 2 N–H and O–H groups in total. The van der Waals surface area contributed by atoms with Crippen molar-refractivity contribution in [2.75, 3.05) is 20.2 Å². The van der Waals surface area contributed by atoms with Gasteiger partial charge in [0.2, 0.25) is 5.91 Å². The Morgan fingerprint density at radius 2 is 1.68 bits per heavy atom. The number of carbonyl (C=O) groups excluding carboxylic acids is 2. The number of ether oxygens (including phenoxy) is 1. The van der Waals surface area contributed by atoms with Crippen LogP contribution in [-0.2, 0) is 4.79 Å². The number of amides is 2. The van der Waals surface area contributed by atoms with Gasteiger partial charge >= 0.3 is 0 Å². The van der Waals surface area contributed by atoms with Gasteiger partial charge in [0.1, 0.15) is 5.75 Å². The molecule has 182 valence electrons. The van der Waals surface area contributed by atoms with Crippen LogP contribution in [-0.4, -0.2) is 49.0 Å². The van der Waals surface area contributed by atoms with Crippen molar-refractivity contribution in [1.82, 2.24) is 15.5 Å². The van der Waals surface area contributed by atoms with E-state index in [1.165, 1.54) is 5.56 Å². The van der Waals surface area contributed by atoms with E-state index in [-0.39, 0.29) is 29.8 Å². The predicted octanol–water partition coefficient (Wildman–Crippen LogP) is 4.33. The van der Waals surface area contributed by atoms with Gasteiger partial charge in [0.25, 0.3) is 5.91 Å². The van der Waals surface area contributed by atoms with Gasteiger partial charge in [0, 0.05) is 36.7 Å². The van der Waals surface area contributed by atoms with E-state index >= 15 is 0 Å². The second-order valence-electron chi connectivity index (χ2n) is 9.70. The highest BCUT2D eigenvalue weighted by Gasteiger charge is 2.30. The summed E-state index contributed by atoms with van der Waals surface area (Å²) in [7, 11) is 1.62. The molecule has 0 radical (unpaired) electrons. The fourth-order valence-corrected chi connectivity index (χ4v) is 4.91. The molecule has 34 heavy (non-hydrogen) atoms. The first-order valence-electron chi connectivity index (χ1n) is 12.6. The number of likely N-dealkylation sites (tertiary alicyclic amines) is 1. The van der Waals surface area contributed by atoms with Crippen LogP contribution in [0, 0.1) is 5.92 Å². The number of carbonyl (C=O) groups is 2. The Morgan fingerprint density at radius 1 is 1.00 bits per heavy atom. The van der Waals surface area contributed by atoms with Crippen molar-refractivity contribution in [3.8, 4) is 5.75 Å². The number of rotatable bonds is 9. The first-order valence-corrected chi connectivity index (χ1v) is 12.6. The molecule has 2 aromatic carbocycles. The zero-order valence-corrected chi connectivity index (χ0v) is 20.3. The van der Waals surface area contributed by atoms with Gasteiger partial charge in [-0.25, -0.2) is 0 Å². The lowest BCUT2D eigenvalue weighted by molar-refractivity contribution is -0.128. The average Bonchev–Trinajstić information content (AvgIpc) is 2.83. The van der Waals surface area contributed by atoms with E-state index in [4.69, 9.17) is 4.74 Å². The minimum absolute atomic E-state index is 0.0248. The maximum absolute atomic E-state index is 12.7. The Morgan fingerprint density at radius 3 is 2.26 bits per heavy atom. The van der Waals surface area contributed by atoms with Crippen LogP contribution in [0.3, 0.4) is 0 Å². The first kappa shape index (κ1) is 24.3. The van der Waals surface area contributed by atoms with E-state index in [0.29, 0.717) is 11.6 Å². The molecule has 2 atom stereocenters. The van der Waals surface area contributed by atoms with Gasteiger partial charge < -0.3 is 20.3 Å². The van der Waals surface area contributed by atoms with Crippen LogP contribution >= 0.6 is 0 Å². The second-order valence-corrected chi connectivity index (χ2v) is 9.70. The molecule has 6 heteroatoms. The first-order chi connectivity index (χ1) is 16.5. The third-order valence-corrected chi connectivity index (χ3v) is 7.41. The number of hydrogen-bond donors (Lipinski definition) is 2. The molecule has 6 nitrogen and oxygen atoms in total. The van der Waals surface area contributed by atoms with Gasteiger partial charge in [-0.05, 0) is 68.9 Å². The van der Waals surface area contributed by atoms with Gasteiger partial charge in [-0.2, -0.15) is 0 Å². The number of nitrogens with one attached hydrogen (secondary N) is 2. The summed E-state index contributed by atoms with van der Waals surface area (Å²) < 4.78 is 5.17. The SMILES string of the molecule is COc1ccc(C(=O)NC2CCN(C(C)C[C@H](NC(=O)C3CCC3)c3ccccc3)CC2)cc1. The lowest BCUT2D eigenvalue weighted by Gasteiger charge is -2.38. The summed E-state index contributed by atoms with van der Waals surface area (Å²) in [6.07, 6.45) is 5.92. The smallest absolute Gasteiger partial charge is 0.251 e. The summed E-state index contributed by atoms with van der Waals surface area (Å²) in [5, 5.41) is 6.52. The lowest BCUT2D eigenvalue weighted by Crippen LogP contribution is -2.48. The molecule has 1 aliphatic carbocycles. The van der Waals surface area contributed by atoms with Crippen LogP contribution in [0.15, 0.2) is 54.6 Å². The molecule has 2 aliphatic rings. The second kappa shape index (κ2) is 11.5. The lowest BCUT2D eigenvalue weighted by atomic mass is 9.84. The van der Waals surface area contributed by atoms with Gasteiger partial charge in [-0.15, -0.1) is 0 Å². The number of piperidine rings is 1. The van der Waals surface area contributed by atoms with Gasteiger partial charge in [-0.3, -0.25) is 9.59 Å². The standard InChI is InChI=1S/C28H37N3O3/c1-20(19-26(21-7-4-3-5-8-21)30-28(33)22-9-6-10-22)31-17-15-24(16-18-31)29-27(32)23-11-13-25(34-2)14-12-23/h3-5,7-8,11-14,20,22,24,26H,6,9-10,15-19H2,1-2H3,(H,29,32)(H,30,33)/t20?,26-/m0/s1. The summed E-state index contributed by atoms with van der Waals surface area (Å²) in [5.41, 5.74) is 1.83. The Balaban J connectivity index is 1.29. The normalized spacial score (nSPS) is 19.0. The number of benzene rings is 2. The zero-order valence-electron chi connectivity index (χ0n) is 20.3. The van der Waals surface area contributed by atoms with Gasteiger partial charge in [0.15, 0.2) is 0 Å². The maximum Gasteiger partial charge on any atom is 0.251 e. The minimum atomic E-state index is -0.0306. The number of methoxy groups -OCH3 is 1. The summed E-state index contributed by atoms with van der Waals surface area (Å²) >= 11 is 0. The molecule has 0 aromatic heterocycles. The highest BCUT2D eigenvalue weighted by Crippen LogP contribution is 2.29. The predicted molar refractivity (Wildman–Crippen MR) is 134 cm³/mol. The topological polar surface area (TPSA) is 70.7 Å². The molecule has 0 spiro atoms. The Bertz CT molecular complexity index is 935.